The van der Waals surface area contributed by atoms with Crippen LogP contribution in [0.5, 0.6) is 0 Å². The summed E-state index contributed by atoms with van der Waals surface area (Å²) in [5.74, 6) is -1.33. The highest BCUT2D eigenvalue weighted by molar-refractivity contribution is 7.14. The van der Waals surface area contributed by atoms with Crippen molar-refractivity contribution < 1.29 is 9.59 Å². The molecule has 0 radical (unpaired) electrons. The Balaban J connectivity index is 2.65. The number of hydrogen-bond donors (Lipinski definition) is 2. The van der Waals surface area contributed by atoms with Gasteiger partial charge in [-0.1, -0.05) is 0 Å². The third-order valence-corrected chi connectivity index (χ3v) is 2.25. The molecule has 1 heterocycles. The van der Waals surface area contributed by atoms with Gasteiger partial charge in [0.2, 0.25) is 0 Å². The van der Waals surface area contributed by atoms with Crippen molar-refractivity contribution in [2.75, 3.05) is 12.4 Å². The van der Waals surface area contributed by atoms with E-state index >= 15 is 0 Å². The SMILES string of the molecule is CNC(=O)C(=O)Nc1scnc1C. The second-order valence-corrected chi connectivity index (χ2v) is 3.15. The lowest BCUT2D eigenvalue weighted by atomic mass is 10.5. The van der Waals surface area contributed by atoms with Crippen LogP contribution in [-0.2, 0) is 9.59 Å². The fourth-order valence-corrected chi connectivity index (χ4v) is 1.39. The molecule has 70 valence electrons. The van der Waals surface area contributed by atoms with Crippen molar-refractivity contribution in [3.05, 3.63) is 11.2 Å². The summed E-state index contributed by atoms with van der Waals surface area (Å²) in [6.45, 7) is 1.76. The maximum absolute atomic E-state index is 11.0. The minimum absolute atomic E-state index is 0.605. The minimum Gasteiger partial charge on any atom is -0.351 e. The van der Waals surface area contributed by atoms with Crippen molar-refractivity contribution in [3.8, 4) is 0 Å². The van der Waals surface area contributed by atoms with Gasteiger partial charge in [0, 0.05) is 7.05 Å². The number of aromatic nitrogens is 1. The molecular weight excluding hydrogens is 190 g/mol. The van der Waals surface area contributed by atoms with E-state index in [1.165, 1.54) is 18.4 Å². The van der Waals surface area contributed by atoms with Gasteiger partial charge in [-0.3, -0.25) is 9.59 Å². The molecule has 0 unspecified atom stereocenters. The Hall–Kier alpha value is -1.43. The van der Waals surface area contributed by atoms with Gasteiger partial charge in [-0.2, -0.15) is 0 Å². The zero-order chi connectivity index (χ0) is 9.84. The second kappa shape index (κ2) is 3.99. The predicted octanol–water partition coefficient (Wildman–Crippen LogP) is 0.136. The number of anilines is 1. The number of aryl methyl sites for hydroxylation is 1. The van der Waals surface area contributed by atoms with E-state index in [1.54, 1.807) is 12.4 Å². The largest absolute Gasteiger partial charge is 0.351 e. The van der Waals surface area contributed by atoms with Crippen molar-refractivity contribution in [2.24, 2.45) is 0 Å². The number of amides is 2. The van der Waals surface area contributed by atoms with Gasteiger partial charge in [-0.25, -0.2) is 4.98 Å². The Labute approximate surface area is 79.2 Å². The Kier molecular flexibility index (Phi) is 2.97. The molecule has 0 aliphatic carbocycles. The van der Waals surface area contributed by atoms with Crippen LogP contribution in [0.2, 0.25) is 0 Å². The number of nitrogens with one attached hydrogen (secondary N) is 2. The van der Waals surface area contributed by atoms with Gasteiger partial charge in [0.1, 0.15) is 5.00 Å². The quantitative estimate of drug-likeness (QED) is 0.632. The predicted molar refractivity (Wildman–Crippen MR) is 49.5 cm³/mol. The smallest absolute Gasteiger partial charge is 0.314 e. The number of rotatable bonds is 1. The lowest BCUT2D eigenvalue weighted by Crippen LogP contribution is -2.32. The molecule has 0 spiro atoms. The van der Waals surface area contributed by atoms with Crippen LogP contribution >= 0.6 is 11.3 Å². The molecule has 0 aromatic carbocycles. The van der Waals surface area contributed by atoms with E-state index in [0.717, 1.165) is 0 Å². The van der Waals surface area contributed by atoms with E-state index in [0.29, 0.717) is 10.7 Å². The maximum atomic E-state index is 11.0. The third-order valence-electron chi connectivity index (χ3n) is 1.41. The number of likely N-dealkylation sites (N-methyl/N-ethyl adjacent to an activating group) is 1. The summed E-state index contributed by atoms with van der Waals surface area (Å²) in [6.07, 6.45) is 0. The zero-order valence-corrected chi connectivity index (χ0v) is 8.07. The molecule has 0 saturated carbocycles. The molecule has 5 nitrogen and oxygen atoms in total. The van der Waals surface area contributed by atoms with E-state index in [4.69, 9.17) is 0 Å². The van der Waals surface area contributed by atoms with E-state index in [2.05, 4.69) is 15.6 Å². The molecule has 2 amide bonds. The molecular formula is C7H9N3O2S. The van der Waals surface area contributed by atoms with Crippen LogP contribution in [0, 0.1) is 6.92 Å². The van der Waals surface area contributed by atoms with E-state index in [1.807, 2.05) is 0 Å². The van der Waals surface area contributed by atoms with Crippen LogP contribution in [0.15, 0.2) is 5.51 Å². The number of nitrogens with zero attached hydrogens (tertiary/aromatic N) is 1. The molecule has 0 saturated heterocycles. The van der Waals surface area contributed by atoms with Crippen molar-refractivity contribution >= 4 is 28.2 Å². The van der Waals surface area contributed by atoms with Gasteiger partial charge in [-0.05, 0) is 6.92 Å². The summed E-state index contributed by atoms with van der Waals surface area (Å²) in [5, 5.41) is 5.28. The number of carbonyl (C=O) groups is 2. The molecule has 1 rings (SSSR count). The first kappa shape index (κ1) is 9.66. The molecule has 0 fully saturated rings. The van der Waals surface area contributed by atoms with Crippen molar-refractivity contribution in [1.82, 2.24) is 10.3 Å². The molecule has 13 heavy (non-hydrogen) atoms. The minimum atomic E-state index is -0.671. The molecule has 6 heteroatoms. The van der Waals surface area contributed by atoms with Gasteiger partial charge < -0.3 is 10.6 Å². The average molecular weight is 199 g/mol. The van der Waals surface area contributed by atoms with Gasteiger partial charge in [-0.15, -0.1) is 11.3 Å². The van der Waals surface area contributed by atoms with Crippen molar-refractivity contribution in [3.63, 3.8) is 0 Å². The molecule has 0 bridgehead atoms. The van der Waals surface area contributed by atoms with Crippen LogP contribution in [0.4, 0.5) is 5.00 Å². The summed E-state index contributed by atoms with van der Waals surface area (Å²) in [7, 11) is 1.40. The first-order chi connectivity index (χ1) is 6.15. The first-order valence-electron chi connectivity index (χ1n) is 3.58. The summed E-state index contributed by atoms with van der Waals surface area (Å²) >= 11 is 1.28. The highest BCUT2D eigenvalue weighted by Crippen LogP contribution is 2.18. The maximum Gasteiger partial charge on any atom is 0.314 e. The van der Waals surface area contributed by atoms with Crippen LogP contribution in [0.3, 0.4) is 0 Å². The average Bonchev–Trinajstić information content (AvgIpc) is 2.50. The van der Waals surface area contributed by atoms with E-state index < -0.39 is 11.8 Å². The highest BCUT2D eigenvalue weighted by atomic mass is 32.1. The monoisotopic (exact) mass is 199 g/mol. The fraction of sp³-hybridized carbons (Fsp3) is 0.286. The van der Waals surface area contributed by atoms with Gasteiger partial charge in [0.25, 0.3) is 0 Å². The molecule has 1 aromatic rings. The third kappa shape index (κ3) is 2.25. The number of carbonyl (C=O) groups excluding carboxylic acids is 2. The Morgan fingerprint density at radius 2 is 2.15 bits per heavy atom. The Bertz CT molecular complexity index is 334. The summed E-state index contributed by atoms with van der Waals surface area (Å²) in [6, 6.07) is 0. The standard InChI is InChI=1S/C7H9N3O2S/c1-4-7(13-3-9-4)10-6(12)5(11)8-2/h3H,1-2H3,(H,8,11)(H,10,12). The van der Waals surface area contributed by atoms with Gasteiger partial charge >= 0.3 is 11.8 Å². The molecule has 0 aliphatic heterocycles. The molecule has 0 aliphatic rings. The lowest BCUT2D eigenvalue weighted by molar-refractivity contribution is -0.135. The lowest BCUT2D eigenvalue weighted by Gasteiger charge is -2.00. The van der Waals surface area contributed by atoms with Gasteiger partial charge in [0.15, 0.2) is 0 Å². The zero-order valence-electron chi connectivity index (χ0n) is 7.25. The second-order valence-electron chi connectivity index (χ2n) is 2.30. The Morgan fingerprint density at radius 3 is 2.62 bits per heavy atom. The first-order valence-corrected chi connectivity index (χ1v) is 4.46. The number of thiazole rings is 1. The van der Waals surface area contributed by atoms with Crippen LogP contribution < -0.4 is 10.6 Å². The van der Waals surface area contributed by atoms with Crippen molar-refractivity contribution in [2.45, 2.75) is 6.92 Å². The number of hydrogen-bond acceptors (Lipinski definition) is 4. The van der Waals surface area contributed by atoms with E-state index in [-0.39, 0.29) is 0 Å². The summed E-state index contributed by atoms with van der Waals surface area (Å²) in [5.41, 5.74) is 2.32. The highest BCUT2D eigenvalue weighted by Gasteiger charge is 2.13. The van der Waals surface area contributed by atoms with Crippen molar-refractivity contribution in [1.29, 1.82) is 0 Å². The van der Waals surface area contributed by atoms with Gasteiger partial charge in [0.05, 0.1) is 11.2 Å². The van der Waals surface area contributed by atoms with Crippen LogP contribution in [-0.4, -0.2) is 23.8 Å². The normalized spacial score (nSPS) is 9.38. The summed E-state index contributed by atoms with van der Waals surface area (Å²) in [4.78, 5) is 25.8. The fourth-order valence-electron chi connectivity index (χ4n) is 0.695. The molecule has 1 aromatic heterocycles. The van der Waals surface area contributed by atoms with Crippen LogP contribution in [0.1, 0.15) is 5.69 Å². The molecule has 0 atom stereocenters. The summed E-state index contributed by atoms with van der Waals surface area (Å²) < 4.78 is 0. The van der Waals surface area contributed by atoms with E-state index in [9.17, 15) is 9.59 Å². The topological polar surface area (TPSA) is 71.1 Å². The Morgan fingerprint density at radius 1 is 1.46 bits per heavy atom. The molecule has 2 N–H and O–H groups in total. The van der Waals surface area contributed by atoms with Crippen LogP contribution in [0.25, 0.3) is 0 Å².